The van der Waals surface area contributed by atoms with Crippen LogP contribution in [0.15, 0.2) is 34.7 Å². The van der Waals surface area contributed by atoms with Gasteiger partial charge in [0.05, 0.1) is 11.9 Å². The van der Waals surface area contributed by atoms with E-state index >= 15 is 0 Å². The lowest BCUT2D eigenvalue weighted by Crippen LogP contribution is -2.29. The normalized spacial score (nSPS) is 10.8. The molecule has 0 amide bonds. The highest BCUT2D eigenvalue weighted by Crippen LogP contribution is 2.13. The maximum Gasteiger partial charge on any atom is 0.488 e. The largest absolute Gasteiger partial charge is 0.488 e. The minimum absolute atomic E-state index is 0.434. The van der Waals surface area contributed by atoms with E-state index in [-0.39, 0.29) is 0 Å². The molecule has 0 aliphatic rings. The number of nitrogens with one attached hydrogen (secondary N) is 1. The topological polar surface area (TPSA) is 77.7 Å². The highest BCUT2D eigenvalue weighted by molar-refractivity contribution is 7.13. The minimum Gasteiger partial charge on any atom is -0.423 e. The van der Waals surface area contributed by atoms with Gasteiger partial charge >= 0.3 is 7.12 Å². The van der Waals surface area contributed by atoms with Crippen molar-refractivity contribution >= 4 is 35.3 Å². The summed E-state index contributed by atoms with van der Waals surface area (Å²) in [6, 6.07) is 6.86. The number of aromatic nitrogens is 1. The Kier molecular flexibility index (Phi) is 4.09. The number of rotatable bonds is 4. The quantitative estimate of drug-likeness (QED) is 0.427. The first-order valence-electron chi connectivity index (χ1n) is 5.32. The lowest BCUT2D eigenvalue weighted by molar-refractivity contribution is 0.426. The van der Waals surface area contributed by atoms with Gasteiger partial charge in [-0.15, -0.1) is 11.3 Å². The van der Waals surface area contributed by atoms with Crippen LogP contribution in [-0.2, 0) is 0 Å². The summed E-state index contributed by atoms with van der Waals surface area (Å²) in [5, 5.41) is 24.8. The van der Waals surface area contributed by atoms with Crippen molar-refractivity contribution in [1.82, 2.24) is 4.98 Å². The standard InChI is InChI=1S/C11H12BN3O2S/c1-8-7-18-11(14-8)15-13-6-9-3-2-4-10(5-9)12(16)17/h2-7,16-17H,1H3,(H,14,15). The zero-order chi connectivity index (χ0) is 13.0. The second-order valence-corrected chi connectivity index (χ2v) is 4.57. The molecule has 3 N–H and O–H groups in total. The molecule has 1 aromatic carbocycles. The molecular weight excluding hydrogens is 249 g/mol. The third-order valence-corrected chi connectivity index (χ3v) is 3.07. The van der Waals surface area contributed by atoms with Crippen LogP contribution in [0, 0.1) is 6.92 Å². The van der Waals surface area contributed by atoms with E-state index in [1.165, 1.54) is 11.3 Å². The number of nitrogens with zero attached hydrogens (tertiary/aromatic N) is 2. The summed E-state index contributed by atoms with van der Waals surface area (Å²) < 4.78 is 0. The molecule has 0 aliphatic carbocycles. The Morgan fingerprint density at radius 1 is 1.44 bits per heavy atom. The summed E-state index contributed by atoms with van der Waals surface area (Å²) in [6.07, 6.45) is 1.60. The van der Waals surface area contributed by atoms with Crippen molar-refractivity contribution in [2.45, 2.75) is 6.92 Å². The second-order valence-electron chi connectivity index (χ2n) is 3.71. The van der Waals surface area contributed by atoms with Gasteiger partial charge in [0, 0.05) is 5.38 Å². The number of anilines is 1. The van der Waals surface area contributed by atoms with Crippen LogP contribution in [0.3, 0.4) is 0 Å². The highest BCUT2D eigenvalue weighted by atomic mass is 32.1. The first kappa shape index (κ1) is 12.8. The summed E-state index contributed by atoms with van der Waals surface area (Å²) >= 11 is 1.48. The first-order chi connectivity index (χ1) is 8.65. The molecule has 0 atom stereocenters. The summed E-state index contributed by atoms with van der Waals surface area (Å²) in [4.78, 5) is 4.20. The highest BCUT2D eigenvalue weighted by Gasteiger charge is 2.09. The van der Waals surface area contributed by atoms with Crippen molar-refractivity contribution in [3.8, 4) is 0 Å². The average Bonchev–Trinajstić information content (AvgIpc) is 2.75. The smallest absolute Gasteiger partial charge is 0.423 e. The Bertz CT molecular complexity index is 557. The van der Waals surface area contributed by atoms with Gasteiger partial charge in [-0.2, -0.15) is 5.10 Å². The van der Waals surface area contributed by atoms with Crippen LogP contribution in [-0.4, -0.2) is 28.4 Å². The van der Waals surface area contributed by atoms with Gasteiger partial charge in [-0.1, -0.05) is 24.3 Å². The summed E-state index contributed by atoms with van der Waals surface area (Å²) in [6.45, 7) is 1.91. The molecule has 0 saturated carbocycles. The fourth-order valence-corrected chi connectivity index (χ4v) is 2.00. The molecule has 1 aromatic heterocycles. The van der Waals surface area contributed by atoms with Crippen molar-refractivity contribution in [3.05, 3.63) is 40.9 Å². The summed E-state index contributed by atoms with van der Waals surface area (Å²) in [7, 11) is -1.46. The molecule has 18 heavy (non-hydrogen) atoms. The van der Waals surface area contributed by atoms with E-state index in [2.05, 4.69) is 15.5 Å². The Hall–Kier alpha value is -1.70. The van der Waals surface area contributed by atoms with Crippen LogP contribution in [0.4, 0.5) is 5.13 Å². The maximum absolute atomic E-state index is 9.04. The third-order valence-electron chi connectivity index (χ3n) is 2.20. The SMILES string of the molecule is Cc1csc(NN=Cc2cccc(B(O)O)c2)n1. The number of hydrogen-bond donors (Lipinski definition) is 3. The molecule has 5 nitrogen and oxygen atoms in total. The molecule has 0 radical (unpaired) electrons. The van der Waals surface area contributed by atoms with E-state index in [9.17, 15) is 0 Å². The van der Waals surface area contributed by atoms with Gasteiger partial charge in [-0.3, -0.25) is 5.43 Å². The molecule has 2 aromatic rings. The summed E-state index contributed by atoms with van der Waals surface area (Å²) in [5.41, 5.74) is 4.98. The number of aryl methyl sites for hydroxylation is 1. The number of hydrazone groups is 1. The fraction of sp³-hybridized carbons (Fsp3) is 0.0909. The van der Waals surface area contributed by atoms with Crippen LogP contribution < -0.4 is 10.9 Å². The summed E-state index contributed by atoms with van der Waals surface area (Å²) in [5.74, 6) is 0. The number of benzene rings is 1. The van der Waals surface area contributed by atoms with Gasteiger partial charge in [-0.05, 0) is 17.9 Å². The van der Waals surface area contributed by atoms with Gasteiger partial charge < -0.3 is 10.0 Å². The van der Waals surface area contributed by atoms with Crippen LogP contribution in [0.2, 0.25) is 0 Å². The third kappa shape index (κ3) is 3.40. The molecule has 0 spiro atoms. The molecule has 92 valence electrons. The van der Waals surface area contributed by atoms with Crippen molar-refractivity contribution < 1.29 is 10.0 Å². The molecule has 2 rings (SSSR count). The molecule has 0 unspecified atom stereocenters. The molecule has 0 bridgehead atoms. The van der Waals surface area contributed by atoms with Gasteiger partial charge in [0.15, 0.2) is 0 Å². The Morgan fingerprint density at radius 2 is 2.28 bits per heavy atom. The van der Waals surface area contributed by atoms with E-state index in [0.717, 1.165) is 16.4 Å². The van der Waals surface area contributed by atoms with Crippen LogP contribution in [0.5, 0.6) is 0 Å². The molecule has 0 saturated heterocycles. The fourth-order valence-electron chi connectivity index (χ4n) is 1.37. The van der Waals surface area contributed by atoms with E-state index in [4.69, 9.17) is 10.0 Å². The van der Waals surface area contributed by atoms with Crippen molar-refractivity contribution in [2.75, 3.05) is 5.43 Å². The molecule has 0 aliphatic heterocycles. The lowest BCUT2D eigenvalue weighted by atomic mass is 9.80. The van der Waals surface area contributed by atoms with Gasteiger partial charge in [0.25, 0.3) is 0 Å². The maximum atomic E-state index is 9.04. The van der Waals surface area contributed by atoms with E-state index in [1.807, 2.05) is 18.4 Å². The van der Waals surface area contributed by atoms with Gasteiger partial charge in [0.1, 0.15) is 0 Å². The van der Waals surface area contributed by atoms with E-state index in [1.54, 1.807) is 24.4 Å². The number of thiazole rings is 1. The predicted molar refractivity (Wildman–Crippen MR) is 74.3 cm³/mol. The van der Waals surface area contributed by atoms with Crippen molar-refractivity contribution in [2.24, 2.45) is 5.10 Å². The zero-order valence-electron chi connectivity index (χ0n) is 9.74. The van der Waals surface area contributed by atoms with Crippen molar-refractivity contribution in [1.29, 1.82) is 0 Å². The lowest BCUT2D eigenvalue weighted by Gasteiger charge is -2.00. The number of hydrogen-bond acceptors (Lipinski definition) is 6. The van der Waals surface area contributed by atoms with E-state index < -0.39 is 7.12 Å². The van der Waals surface area contributed by atoms with Gasteiger partial charge in [0.2, 0.25) is 5.13 Å². The Labute approximate surface area is 109 Å². The zero-order valence-corrected chi connectivity index (χ0v) is 10.6. The monoisotopic (exact) mass is 261 g/mol. The Balaban J connectivity index is 2.02. The second kappa shape index (κ2) is 5.77. The van der Waals surface area contributed by atoms with Crippen LogP contribution in [0.1, 0.15) is 11.3 Å². The molecule has 7 heteroatoms. The van der Waals surface area contributed by atoms with Crippen LogP contribution >= 0.6 is 11.3 Å². The van der Waals surface area contributed by atoms with Crippen molar-refractivity contribution in [3.63, 3.8) is 0 Å². The average molecular weight is 261 g/mol. The minimum atomic E-state index is -1.46. The Morgan fingerprint density at radius 3 is 2.94 bits per heavy atom. The molecule has 0 fully saturated rings. The molecule has 1 heterocycles. The predicted octanol–water partition coefficient (Wildman–Crippen LogP) is 0.577. The first-order valence-corrected chi connectivity index (χ1v) is 6.20. The van der Waals surface area contributed by atoms with E-state index in [0.29, 0.717) is 5.46 Å². The van der Waals surface area contributed by atoms with Crippen LogP contribution in [0.25, 0.3) is 0 Å². The van der Waals surface area contributed by atoms with Gasteiger partial charge in [-0.25, -0.2) is 4.98 Å². The molecular formula is C11H12BN3O2S.